The van der Waals surface area contributed by atoms with Crippen molar-refractivity contribution in [3.05, 3.63) is 39.4 Å². The molecule has 0 saturated carbocycles. The Balaban J connectivity index is 2.97. The predicted octanol–water partition coefficient (Wildman–Crippen LogP) is 2.29. The average molecular weight is 294 g/mol. The molecule has 6 heteroatoms. The number of amides is 1. The monoisotopic (exact) mass is 294 g/mol. The summed E-state index contributed by atoms with van der Waals surface area (Å²) in [6.07, 6.45) is 0.996. The molecule has 1 unspecified atom stereocenters. The van der Waals surface area contributed by atoms with E-state index in [4.69, 9.17) is 5.11 Å². The lowest BCUT2D eigenvalue weighted by Crippen LogP contribution is -2.39. The summed E-state index contributed by atoms with van der Waals surface area (Å²) in [5.74, 6) is -0.182. The van der Waals surface area contributed by atoms with Crippen molar-refractivity contribution in [3.8, 4) is 0 Å². The molecule has 0 spiro atoms. The summed E-state index contributed by atoms with van der Waals surface area (Å²) < 4.78 is 0. The summed E-state index contributed by atoms with van der Waals surface area (Å²) in [4.78, 5) is 22.8. The van der Waals surface area contributed by atoms with Gasteiger partial charge in [-0.15, -0.1) is 0 Å². The maximum absolute atomic E-state index is 12.2. The Morgan fingerprint density at radius 2 is 2.10 bits per heavy atom. The van der Waals surface area contributed by atoms with Gasteiger partial charge in [0, 0.05) is 29.8 Å². The zero-order valence-electron chi connectivity index (χ0n) is 12.6. The lowest BCUT2D eigenvalue weighted by molar-refractivity contribution is -0.385. The Morgan fingerprint density at radius 3 is 2.57 bits per heavy atom. The van der Waals surface area contributed by atoms with Crippen LogP contribution in [0.15, 0.2) is 18.2 Å². The molecule has 0 saturated heterocycles. The minimum absolute atomic E-state index is 0.0158. The van der Waals surface area contributed by atoms with Crippen LogP contribution in [0.2, 0.25) is 0 Å². The molecule has 2 N–H and O–H groups in total. The van der Waals surface area contributed by atoms with E-state index in [-0.39, 0.29) is 35.7 Å². The van der Waals surface area contributed by atoms with Crippen LogP contribution in [-0.2, 0) is 6.42 Å². The number of hydrogen-bond donors (Lipinski definition) is 2. The third-order valence-corrected chi connectivity index (χ3v) is 3.49. The predicted molar refractivity (Wildman–Crippen MR) is 80.3 cm³/mol. The van der Waals surface area contributed by atoms with Crippen molar-refractivity contribution in [1.82, 2.24) is 5.32 Å². The fourth-order valence-electron chi connectivity index (χ4n) is 2.14. The highest BCUT2D eigenvalue weighted by molar-refractivity contribution is 5.95. The second kappa shape index (κ2) is 7.73. The third kappa shape index (κ3) is 4.53. The second-order valence-corrected chi connectivity index (χ2v) is 5.29. The molecule has 1 rings (SSSR count). The Hall–Kier alpha value is -1.95. The van der Waals surface area contributed by atoms with Crippen LogP contribution in [0.3, 0.4) is 0 Å². The van der Waals surface area contributed by atoms with Crippen molar-refractivity contribution in [2.24, 2.45) is 5.92 Å². The van der Waals surface area contributed by atoms with Gasteiger partial charge in [0.25, 0.3) is 11.6 Å². The fourth-order valence-corrected chi connectivity index (χ4v) is 2.14. The lowest BCUT2D eigenvalue weighted by Gasteiger charge is -2.21. The van der Waals surface area contributed by atoms with Crippen molar-refractivity contribution in [2.75, 3.05) is 6.61 Å². The molecule has 0 heterocycles. The molecule has 0 bridgehead atoms. The molecular formula is C15H22N2O4. The first-order valence-electron chi connectivity index (χ1n) is 7.09. The molecule has 0 aliphatic rings. The first-order chi connectivity index (χ1) is 9.90. The Bertz CT molecular complexity index is 514. The molecule has 1 atom stereocenters. The van der Waals surface area contributed by atoms with E-state index >= 15 is 0 Å². The van der Waals surface area contributed by atoms with E-state index in [1.165, 1.54) is 6.07 Å². The quantitative estimate of drug-likeness (QED) is 0.596. The number of rotatable bonds is 7. The van der Waals surface area contributed by atoms with Gasteiger partial charge in [-0.2, -0.15) is 0 Å². The standard InChI is InChI=1S/C15H22N2O4/c1-4-11-5-6-12(9-14(11)17(20)21)15(19)16-13(7-8-18)10(2)3/h5-6,9-10,13,18H,4,7-8H2,1-3H3,(H,16,19). The first kappa shape index (κ1) is 17.1. The molecular weight excluding hydrogens is 272 g/mol. The number of aliphatic hydroxyl groups excluding tert-OH is 1. The van der Waals surface area contributed by atoms with Crippen molar-refractivity contribution in [2.45, 2.75) is 39.7 Å². The van der Waals surface area contributed by atoms with Crippen LogP contribution in [0.1, 0.15) is 43.1 Å². The van der Waals surface area contributed by atoms with Crippen LogP contribution >= 0.6 is 0 Å². The van der Waals surface area contributed by atoms with E-state index in [2.05, 4.69) is 5.32 Å². The highest BCUT2D eigenvalue weighted by Gasteiger charge is 2.20. The highest BCUT2D eigenvalue weighted by Crippen LogP contribution is 2.21. The van der Waals surface area contributed by atoms with Gasteiger partial charge in [-0.1, -0.05) is 26.8 Å². The number of aryl methyl sites for hydroxylation is 1. The van der Waals surface area contributed by atoms with E-state index in [1.54, 1.807) is 12.1 Å². The van der Waals surface area contributed by atoms with Gasteiger partial charge in [0.1, 0.15) is 0 Å². The molecule has 0 aliphatic heterocycles. The molecule has 6 nitrogen and oxygen atoms in total. The molecule has 1 amide bonds. The lowest BCUT2D eigenvalue weighted by atomic mass is 10.0. The van der Waals surface area contributed by atoms with Gasteiger partial charge in [0.2, 0.25) is 0 Å². The zero-order valence-corrected chi connectivity index (χ0v) is 12.6. The Morgan fingerprint density at radius 1 is 1.43 bits per heavy atom. The van der Waals surface area contributed by atoms with Crippen molar-refractivity contribution in [1.29, 1.82) is 0 Å². The largest absolute Gasteiger partial charge is 0.396 e. The van der Waals surface area contributed by atoms with Gasteiger partial charge < -0.3 is 10.4 Å². The molecule has 0 aromatic heterocycles. The zero-order chi connectivity index (χ0) is 16.0. The number of nitro groups is 1. The number of nitro benzene ring substituents is 1. The van der Waals surface area contributed by atoms with E-state index in [0.717, 1.165) is 0 Å². The summed E-state index contributed by atoms with van der Waals surface area (Å²) >= 11 is 0. The van der Waals surface area contributed by atoms with Crippen molar-refractivity contribution in [3.63, 3.8) is 0 Å². The number of carbonyl (C=O) groups excluding carboxylic acids is 1. The average Bonchev–Trinajstić information content (AvgIpc) is 2.45. The van der Waals surface area contributed by atoms with Gasteiger partial charge in [0.05, 0.1) is 4.92 Å². The minimum Gasteiger partial charge on any atom is -0.396 e. The molecule has 0 radical (unpaired) electrons. The van der Waals surface area contributed by atoms with Gasteiger partial charge >= 0.3 is 0 Å². The van der Waals surface area contributed by atoms with E-state index in [0.29, 0.717) is 18.4 Å². The molecule has 21 heavy (non-hydrogen) atoms. The first-order valence-corrected chi connectivity index (χ1v) is 7.09. The number of hydrogen-bond acceptors (Lipinski definition) is 4. The van der Waals surface area contributed by atoms with Crippen LogP contribution in [0.4, 0.5) is 5.69 Å². The van der Waals surface area contributed by atoms with Crippen LogP contribution in [0.25, 0.3) is 0 Å². The van der Waals surface area contributed by atoms with E-state index in [9.17, 15) is 14.9 Å². The highest BCUT2D eigenvalue weighted by atomic mass is 16.6. The number of carbonyl (C=O) groups is 1. The summed E-state index contributed by atoms with van der Waals surface area (Å²) in [7, 11) is 0. The van der Waals surface area contributed by atoms with Crippen molar-refractivity contribution < 1.29 is 14.8 Å². The molecule has 116 valence electrons. The van der Waals surface area contributed by atoms with Crippen LogP contribution in [0, 0.1) is 16.0 Å². The topological polar surface area (TPSA) is 92.5 Å². The van der Waals surface area contributed by atoms with Crippen molar-refractivity contribution >= 4 is 11.6 Å². The van der Waals surface area contributed by atoms with Crippen LogP contribution in [0.5, 0.6) is 0 Å². The number of benzene rings is 1. The summed E-state index contributed by atoms with van der Waals surface area (Å²) in [6.45, 7) is 5.71. The number of nitrogens with zero attached hydrogens (tertiary/aromatic N) is 1. The minimum atomic E-state index is -0.469. The third-order valence-electron chi connectivity index (χ3n) is 3.49. The normalized spacial score (nSPS) is 12.2. The molecule has 0 fully saturated rings. The Kier molecular flexibility index (Phi) is 6.30. The number of aliphatic hydroxyl groups is 1. The smallest absolute Gasteiger partial charge is 0.273 e. The fraction of sp³-hybridized carbons (Fsp3) is 0.533. The molecule has 1 aromatic carbocycles. The van der Waals surface area contributed by atoms with Gasteiger partial charge in [0.15, 0.2) is 0 Å². The van der Waals surface area contributed by atoms with E-state index in [1.807, 2.05) is 20.8 Å². The molecule has 0 aliphatic carbocycles. The summed E-state index contributed by atoms with van der Waals surface area (Å²) in [5, 5.41) is 22.9. The molecule has 1 aromatic rings. The van der Waals surface area contributed by atoms with Gasteiger partial charge in [-0.05, 0) is 24.8 Å². The van der Waals surface area contributed by atoms with E-state index < -0.39 is 4.92 Å². The van der Waals surface area contributed by atoms with Gasteiger partial charge in [-0.25, -0.2) is 0 Å². The maximum Gasteiger partial charge on any atom is 0.273 e. The Labute approximate surface area is 124 Å². The number of nitrogens with one attached hydrogen (secondary N) is 1. The second-order valence-electron chi connectivity index (χ2n) is 5.29. The van der Waals surface area contributed by atoms with Crippen LogP contribution in [-0.4, -0.2) is 28.6 Å². The SMILES string of the molecule is CCc1ccc(C(=O)NC(CCO)C(C)C)cc1[N+](=O)[O-]. The maximum atomic E-state index is 12.2. The summed E-state index contributed by atoms with van der Waals surface area (Å²) in [6, 6.07) is 4.36. The van der Waals surface area contributed by atoms with Crippen LogP contribution < -0.4 is 5.32 Å². The summed E-state index contributed by atoms with van der Waals surface area (Å²) in [5.41, 5.74) is 0.836. The van der Waals surface area contributed by atoms with Gasteiger partial charge in [-0.3, -0.25) is 14.9 Å².